The van der Waals surface area contributed by atoms with Gasteiger partial charge in [0.15, 0.2) is 0 Å². The smallest absolute Gasteiger partial charge is 0.253 e. The lowest BCUT2D eigenvalue weighted by Crippen LogP contribution is -2.26. The molecule has 134 valence electrons. The van der Waals surface area contributed by atoms with Crippen molar-refractivity contribution < 1.29 is 14.3 Å². The summed E-state index contributed by atoms with van der Waals surface area (Å²) in [6.07, 6.45) is -0.362. The van der Waals surface area contributed by atoms with Crippen LogP contribution in [0.4, 0.5) is 11.4 Å². The van der Waals surface area contributed by atoms with Gasteiger partial charge >= 0.3 is 0 Å². The van der Waals surface area contributed by atoms with Crippen molar-refractivity contribution in [3.63, 3.8) is 0 Å². The standard InChI is InChI=1S/C20H26N2O3/c1-14(2)25-19-11-6-5-8-16(19)13-21-17-9-7-10-18(12-17)22-20(23)15(3)24-4/h5-12,14-15,21H,13H2,1-4H3,(H,22,23). The fraction of sp³-hybridized carbons (Fsp3) is 0.350. The van der Waals surface area contributed by atoms with Crippen LogP contribution in [-0.4, -0.2) is 25.2 Å². The number of amides is 1. The summed E-state index contributed by atoms with van der Waals surface area (Å²) in [5.74, 6) is 0.707. The Balaban J connectivity index is 2.02. The zero-order valence-electron chi connectivity index (χ0n) is 15.2. The SMILES string of the molecule is COC(C)C(=O)Nc1cccc(NCc2ccccc2OC(C)C)c1. The fourth-order valence-corrected chi connectivity index (χ4v) is 2.27. The molecule has 0 heterocycles. The molecule has 2 N–H and O–H groups in total. The molecule has 0 aliphatic carbocycles. The largest absolute Gasteiger partial charge is 0.491 e. The van der Waals surface area contributed by atoms with Crippen LogP contribution in [0.5, 0.6) is 5.75 Å². The first kappa shape index (κ1) is 18.8. The van der Waals surface area contributed by atoms with Gasteiger partial charge in [-0.25, -0.2) is 0 Å². The molecular formula is C20H26N2O3. The van der Waals surface area contributed by atoms with Gasteiger partial charge in [-0.1, -0.05) is 24.3 Å². The summed E-state index contributed by atoms with van der Waals surface area (Å²) in [4.78, 5) is 11.9. The number of benzene rings is 2. The first-order valence-electron chi connectivity index (χ1n) is 8.41. The van der Waals surface area contributed by atoms with Crippen molar-refractivity contribution in [2.75, 3.05) is 17.7 Å². The Morgan fingerprint density at radius 3 is 2.48 bits per heavy atom. The van der Waals surface area contributed by atoms with E-state index in [4.69, 9.17) is 9.47 Å². The lowest BCUT2D eigenvalue weighted by molar-refractivity contribution is -0.124. The van der Waals surface area contributed by atoms with Crippen molar-refractivity contribution in [2.24, 2.45) is 0 Å². The summed E-state index contributed by atoms with van der Waals surface area (Å²) >= 11 is 0. The molecule has 0 saturated heterocycles. The molecule has 0 bridgehead atoms. The lowest BCUT2D eigenvalue weighted by Gasteiger charge is -2.15. The van der Waals surface area contributed by atoms with E-state index < -0.39 is 6.10 Å². The van der Waals surface area contributed by atoms with E-state index in [1.165, 1.54) is 7.11 Å². The molecule has 1 unspecified atom stereocenters. The number of para-hydroxylation sites is 1. The van der Waals surface area contributed by atoms with Crippen molar-refractivity contribution in [3.05, 3.63) is 54.1 Å². The molecule has 2 aromatic carbocycles. The van der Waals surface area contributed by atoms with Crippen LogP contribution in [0.3, 0.4) is 0 Å². The molecule has 2 rings (SSSR count). The van der Waals surface area contributed by atoms with E-state index in [-0.39, 0.29) is 12.0 Å². The Labute approximate surface area is 149 Å². The zero-order chi connectivity index (χ0) is 18.2. The molecule has 0 spiro atoms. The molecule has 2 aromatic rings. The highest BCUT2D eigenvalue weighted by Crippen LogP contribution is 2.22. The van der Waals surface area contributed by atoms with Gasteiger partial charge in [-0.2, -0.15) is 0 Å². The van der Waals surface area contributed by atoms with Crippen LogP contribution < -0.4 is 15.4 Å². The van der Waals surface area contributed by atoms with Gasteiger partial charge in [0.05, 0.1) is 6.10 Å². The Bertz CT molecular complexity index is 701. The molecule has 1 amide bonds. The number of hydrogen-bond acceptors (Lipinski definition) is 4. The van der Waals surface area contributed by atoms with Gasteiger partial charge in [-0.3, -0.25) is 4.79 Å². The third kappa shape index (κ3) is 5.80. The van der Waals surface area contributed by atoms with Gasteiger partial charge in [0.2, 0.25) is 0 Å². The fourth-order valence-electron chi connectivity index (χ4n) is 2.27. The average Bonchev–Trinajstić information content (AvgIpc) is 2.60. The summed E-state index contributed by atoms with van der Waals surface area (Å²) in [5, 5.41) is 6.21. The van der Waals surface area contributed by atoms with Crippen LogP contribution >= 0.6 is 0 Å². The minimum atomic E-state index is -0.489. The highest BCUT2D eigenvalue weighted by Gasteiger charge is 2.11. The van der Waals surface area contributed by atoms with Gasteiger partial charge in [0.1, 0.15) is 11.9 Å². The van der Waals surface area contributed by atoms with E-state index in [1.54, 1.807) is 6.92 Å². The van der Waals surface area contributed by atoms with Crippen molar-refractivity contribution in [1.82, 2.24) is 0 Å². The second-order valence-electron chi connectivity index (χ2n) is 6.08. The van der Waals surface area contributed by atoms with Crippen molar-refractivity contribution in [1.29, 1.82) is 0 Å². The Hall–Kier alpha value is -2.53. The Morgan fingerprint density at radius 1 is 1.04 bits per heavy atom. The van der Waals surface area contributed by atoms with Gasteiger partial charge in [-0.15, -0.1) is 0 Å². The molecule has 5 nitrogen and oxygen atoms in total. The third-order valence-corrected chi connectivity index (χ3v) is 3.67. The van der Waals surface area contributed by atoms with Crippen molar-refractivity contribution in [3.8, 4) is 5.75 Å². The molecule has 25 heavy (non-hydrogen) atoms. The number of ether oxygens (including phenoxy) is 2. The molecule has 0 aliphatic rings. The van der Waals surface area contributed by atoms with E-state index in [2.05, 4.69) is 10.6 Å². The lowest BCUT2D eigenvalue weighted by atomic mass is 10.2. The number of rotatable bonds is 8. The van der Waals surface area contributed by atoms with Crippen LogP contribution in [0.15, 0.2) is 48.5 Å². The van der Waals surface area contributed by atoms with Crippen LogP contribution in [0.2, 0.25) is 0 Å². The van der Waals surface area contributed by atoms with E-state index in [1.807, 2.05) is 62.4 Å². The predicted octanol–water partition coefficient (Wildman–Crippen LogP) is 4.06. The van der Waals surface area contributed by atoms with Gasteiger partial charge in [0.25, 0.3) is 5.91 Å². The minimum absolute atomic E-state index is 0.127. The van der Waals surface area contributed by atoms with Crippen LogP contribution in [0, 0.1) is 0 Å². The first-order valence-corrected chi connectivity index (χ1v) is 8.41. The second kappa shape index (κ2) is 9.08. The monoisotopic (exact) mass is 342 g/mol. The summed E-state index contributed by atoms with van der Waals surface area (Å²) in [7, 11) is 1.51. The normalized spacial score (nSPS) is 11.9. The van der Waals surface area contributed by atoms with Gasteiger partial charge in [-0.05, 0) is 45.0 Å². The van der Waals surface area contributed by atoms with E-state index in [9.17, 15) is 4.79 Å². The van der Waals surface area contributed by atoms with Crippen LogP contribution in [0.25, 0.3) is 0 Å². The molecule has 0 radical (unpaired) electrons. The number of carbonyl (C=O) groups is 1. The molecule has 0 fully saturated rings. The maximum Gasteiger partial charge on any atom is 0.253 e. The third-order valence-electron chi connectivity index (χ3n) is 3.67. The average molecular weight is 342 g/mol. The number of nitrogens with one attached hydrogen (secondary N) is 2. The summed E-state index contributed by atoms with van der Waals surface area (Å²) < 4.78 is 10.9. The second-order valence-corrected chi connectivity index (χ2v) is 6.08. The van der Waals surface area contributed by atoms with Crippen LogP contribution in [0.1, 0.15) is 26.3 Å². The summed E-state index contributed by atoms with van der Waals surface area (Å²) in [5.41, 5.74) is 2.73. The van der Waals surface area contributed by atoms with Crippen LogP contribution in [-0.2, 0) is 16.1 Å². The predicted molar refractivity (Wildman–Crippen MR) is 101 cm³/mol. The summed E-state index contributed by atoms with van der Waals surface area (Å²) in [6.45, 7) is 6.37. The maximum atomic E-state index is 11.9. The van der Waals surface area contributed by atoms with E-state index in [0.29, 0.717) is 6.54 Å². The molecule has 0 saturated carbocycles. The molecule has 5 heteroatoms. The number of carbonyl (C=O) groups excluding carboxylic acids is 1. The Morgan fingerprint density at radius 2 is 1.76 bits per heavy atom. The first-order chi connectivity index (χ1) is 12.0. The van der Waals surface area contributed by atoms with Crippen molar-refractivity contribution >= 4 is 17.3 Å². The summed E-state index contributed by atoms with van der Waals surface area (Å²) in [6, 6.07) is 15.6. The van der Waals surface area contributed by atoms with Crippen molar-refractivity contribution in [2.45, 2.75) is 39.5 Å². The quantitative estimate of drug-likeness (QED) is 0.759. The van der Waals surface area contributed by atoms with E-state index >= 15 is 0 Å². The molecule has 0 aromatic heterocycles. The molecule has 0 aliphatic heterocycles. The highest BCUT2D eigenvalue weighted by molar-refractivity contribution is 5.94. The maximum absolute atomic E-state index is 11.9. The number of methoxy groups -OCH3 is 1. The molecule has 1 atom stereocenters. The number of hydrogen-bond donors (Lipinski definition) is 2. The van der Waals surface area contributed by atoms with Gasteiger partial charge in [0, 0.05) is 30.6 Å². The molecular weight excluding hydrogens is 316 g/mol. The van der Waals surface area contributed by atoms with Gasteiger partial charge < -0.3 is 20.1 Å². The number of anilines is 2. The highest BCUT2D eigenvalue weighted by atomic mass is 16.5. The minimum Gasteiger partial charge on any atom is -0.491 e. The zero-order valence-corrected chi connectivity index (χ0v) is 15.2. The topological polar surface area (TPSA) is 59.6 Å². The van der Waals surface area contributed by atoms with E-state index in [0.717, 1.165) is 22.7 Å². The Kier molecular flexibility index (Phi) is 6.83.